The van der Waals surface area contributed by atoms with Crippen LogP contribution in [0, 0.1) is 0 Å². The largest absolute Gasteiger partial charge is 0.486 e. The topological polar surface area (TPSA) is 103 Å². The average molecular weight is 341 g/mol. The molecular formula is C18H19N3O4. The van der Waals surface area contributed by atoms with Crippen molar-refractivity contribution in [3.8, 4) is 11.5 Å². The molecule has 7 heteroatoms. The van der Waals surface area contributed by atoms with Crippen molar-refractivity contribution in [3.05, 3.63) is 48.0 Å². The second kappa shape index (κ2) is 7.12. The van der Waals surface area contributed by atoms with Crippen LogP contribution in [0.5, 0.6) is 11.5 Å². The Hall–Kier alpha value is -3.22. The van der Waals surface area contributed by atoms with Crippen LogP contribution in [0.1, 0.15) is 17.3 Å². The number of carbonyl (C=O) groups excluding carboxylic acids is 2. The highest BCUT2D eigenvalue weighted by Gasteiger charge is 2.16. The summed E-state index contributed by atoms with van der Waals surface area (Å²) >= 11 is 0. The summed E-state index contributed by atoms with van der Waals surface area (Å²) < 4.78 is 11.0. The fraction of sp³-hybridized carbons (Fsp3) is 0.222. The molecule has 0 spiro atoms. The molecule has 1 heterocycles. The summed E-state index contributed by atoms with van der Waals surface area (Å²) in [6, 6.07) is 11.4. The first kappa shape index (κ1) is 16.6. The van der Waals surface area contributed by atoms with Crippen LogP contribution < -0.4 is 25.8 Å². The highest BCUT2D eigenvalue weighted by Crippen LogP contribution is 2.32. The third-order valence-electron chi connectivity index (χ3n) is 3.76. The summed E-state index contributed by atoms with van der Waals surface area (Å²) in [6.45, 7) is 2.80. The maximum Gasteiger partial charge on any atom is 0.248 e. The second-order valence-corrected chi connectivity index (χ2v) is 5.66. The van der Waals surface area contributed by atoms with E-state index in [0.29, 0.717) is 36.0 Å². The minimum Gasteiger partial charge on any atom is -0.486 e. The van der Waals surface area contributed by atoms with E-state index >= 15 is 0 Å². The van der Waals surface area contributed by atoms with Gasteiger partial charge in [-0.2, -0.15) is 0 Å². The average Bonchev–Trinajstić information content (AvgIpc) is 2.62. The molecule has 0 radical (unpaired) electrons. The Kier molecular flexibility index (Phi) is 4.74. The number of ether oxygens (including phenoxy) is 2. The number of nitrogens with one attached hydrogen (secondary N) is 2. The van der Waals surface area contributed by atoms with E-state index < -0.39 is 11.9 Å². The number of rotatable bonds is 5. The van der Waals surface area contributed by atoms with Crippen LogP contribution in [0.3, 0.4) is 0 Å². The molecule has 0 saturated carbocycles. The minimum absolute atomic E-state index is 0.207. The van der Waals surface area contributed by atoms with Crippen molar-refractivity contribution >= 4 is 23.2 Å². The summed E-state index contributed by atoms with van der Waals surface area (Å²) in [5.41, 5.74) is 6.93. The van der Waals surface area contributed by atoms with E-state index in [1.165, 1.54) is 0 Å². The molecule has 1 aliphatic heterocycles. The van der Waals surface area contributed by atoms with E-state index in [1.807, 2.05) is 12.1 Å². The van der Waals surface area contributed by atoms with Gasteiger partial charge in [-0.25, -0.2) is 0 Å². The predicted octanol–water partition coefficient (Wildman–Crippen LogP) is 2.00. The van der Waals surface area contributed by atoms with Gasteiger partial charge in [0.2, 0.25) is 11.8 Å². The molecule has 2 amide bonds. The lowest BCUT2D eigenvalue weighted by Crippen LogP contribution is -2.32. The van der Waals surface area contributed by atoms with Gasteiger partial charge in [0, 0.05) is 23.0 Å². The Balaban J connectivity index is 1.61. The summed E-state index contributed by atoms with van der Waals surface area (Å²) in [7, 11) is 0. The number of carbonyl (C=O) groups is 2. The lowest BCUT2D eigenvalue weighted by atomic mass is 10.2. The van der Waals surface area contributed by atoms with Crippen LogP contribution >= 0.6 is 0 Å². The van der Waals surface area contributed by atoms with Crippen molar-refractivity contribution in [2.75, 3.05) is 23.8 Å². The van der Waals surface area contributed by atoms with Crippen LogP contribution in [0.25, 0.3) is 0 Å². The zero-order valence-corrected chi connectivity index (χ0v) is 13.7. The van der Waals surface area contributed by atoms with Gasteiger partial charge in [0.05, 0.1) is 0 Å². The number of hydrogen-bond acceptors (Lipinski definition) is 5. The number of hydrogen-bond donors (Lipinski definition) is 3. The zero-order valence-electron chi connectivity index (χ0n) is 13.7. The Morgan fingerprint density at radius 2 is 1.64 bits per heavy atom. The minimum atomic E-state index is -0.508. The van der Waals surface area contributed by atoms with E-state index in [9.17, 15) is 9.59 Å². The lowest BCUT2D eigenvalue weighted by molar-refractivity contribution is -0.116. The van der Waals surface area contributed by atoms with E-state index in [-0.39, 0.29) is 5.91 Å². The van der Waals surface area contributed by atoms with Gasteiger partial charge in [0.25, 0.3) is 0 Å². The SMILES string of the molecule is C[C@H](Nc1ccc2c(c1)OCCO2)C(=O)Nc1ccc(C(N)=O)cc1. The van der Waals surface area contributed by atoms with Crippen LogP contribution in [0.4, 0.5) is 11.4 Å². The maximum atomic E-state index is 12.3. The van der Waals surface area contributed by atoms with Gasteiger partial charge in [0.1, 0.15) is 19.3 Å². The Morgan fingerprint density at radius 3 is 2.32 bits per heavy atom. The molecule has 2 aromatic carbocycles. The molecule has 0 bridgehead atoms. The van der Waals surface area contributed by atoms with E-state index in [2.05, 4.69) is 10.6 Å². The molecule has 0 fully saturated rings. The molecule has 7 nitrogen and oxygen atoms in total. The summed E-state index contributed by atoms with van der Waals surface area (Å²) in [5.74, 6) is 0.641. The first-order valence-corrected chi connectivity index (χ1v) is 7.90. The zero-order chi connectivity index (χ0) is 17.8. The number of amides is 2. The van der Waals surface area contributed by atoms with Gasteiger partial charge in [-0.1, -0.05) is 0 Å². The third kappa shape index (κ3) is 4.00. The van der Waals surface area contributed by atoms with Gasteiger partial charge in [-0.05, 0) is 43.3 Å². The Bertz CT molecular complexity index is 789. The predicted molar refractivity (Wildman–Crippen MR) is 94.1 cm³/mol. The molecule has 1 aliphatic rings. The van der Waals surface area contributed by atoms with Crippen molar-refractivity contribution in [1.82, 2.24) is 0 Å². The first-order chi connectivity index (χ1) is 12.0. The normalized spacial score (nSPS) is 13.6. The van der Waals surface area contributed by atoms with Crippen LogP contribution in [0.2, 0.25) is 0 Å². The van der Waals surface area contributed by atoms with Crippen LogP contribution in [-0.4, -0.2) is 31.1 Å². The highest BCUT2D eigenvalue weighted by molar-refractivity contribution is 5.97. The highest BCUT2D eigenvalue weighted by atomic mass is 16.6. The smallest absolute Gasteiger partial charge is 0.248 e. The van der Waals surface area contributed by atoms with Crippen molar-refractivity contribution < 1.29 is 19.1 Å². The quantitative estimate of drug-likeness (QED) is 0.772. The van der Waals surface area contributed by atoms with Crippen LogP contribution in [0.15, 0.2) is 42.5 Å². The molecule has 0 unspecified atom stereocenters. The summed E-state index contributed by atoms with van der Waals surface area (Å²) in [5, 5.41) is 5.90. The van der Waals surface area contributed by atoms with E-state index in [1.54, 1.807) is 37.3 Å². The molecule has 4 N–H and O–H groups in total. The Labute approximate surface area is 145 Å². The third-order valence-corrected chi connectivity index (χ3v) is 3.76. The number of primary amides is 1. The molecule has 2 aromatic rings. The fourth-order valence-electron chi connectivity index (χ4n) is 2.42. The van der Waals surface area contributed by atoms with Gasteiger partial charge >= 0.3 is 0 Å². The van der Waals surface area contributed by atoms with Gasteiger partial charge in [-0.3, -0.25) is 9.59 Å². The van der Waals surface area contributed by atoms with Gasteiger partial charge in [0.15, 0.2) is 11.5 Å². The van der Waals surface area contributed by atoms with Gasteiger partial charge < -0.3 is 25.8 Å². The molecule has 0 saturated heterocycles. The summed E-state index contributed by atoms with van der Waals surface area (Å²) in [6.07, 6.45) is 0. The standard InChI is InChI=1S/C18H19N3O4/c1-11(18(23)21-13-4-2-12(3-5-13)17(19)22)20-14-6-7-15-16(10-14)25-9-8-24-15/h2-7,10-11,20H,8-9H2,1H3,(H2,19,22)(H,21,23)/t11-/m0/s1. The van der Waals surface area contributed by atoms with Crippen molar-refractivity contribution in [1.29, 1.82) is 0 Å². The maximum absolute atomic E-state index is 12.3. The first-order valence-electron chi connectivity index (χ1n) is 7.90. The van der Waals surface area contributed by atoms with Crippen molar-refractivity contribution in [3.63, 3.8) is 0 Å². The molecule has 0 aromatic heterocycles. The van der Waals surface area contributed by atoms with Crippen molar-refractivity contribution in [2.24, 2.45) is 5.73 Å². The molecule has 25 heavy (non-hydrogen) atoms. The Morgan fingerprint density at radius 1 is 1.00 bits per heavy atom. The number of nitrogens with two attached hydrogens (primary N) is 1. The lowest BCUT2D eigenvalue weighted by Gasteiger charge is -2.20. The monoisotopic (exact) mass is 341 g/mol. The number of fused-ring (bicyclic) bond motifs is 1. The number of anilines is 2. The van der Waals surface area contributed by atoms with Crippen LogP contribution in [-0.2, 0) is 4.79 Å². The van der Waals surface area contributed by atoms with Crippen molar-refractivity contribution in [2.45, 2.75) is 13.0 Å². The van der Waals surface area contributed by atoms with Gasteiger partial charge in [-0.15, -0.1) is 0 Å². The molecular weight excluding hydrogens is 322 g/mol. The molecule has 130 valence electrons. The molecule has 0 aliphatic carbocycles. The molecule has 1 atom stereocenters. The van der Waals surface area contributed by atoms with E-state index in [0.717, 1.165) is 5.69 Å². The number of benzene rings is 2. The van der Waals surface area contributed by atoms with E-state index in [4.69, 9.17) is 15.2 Å². The molecule has 3 rings (SSSR count). The second-order valence-electron chi connectivity index (χ2n) is 5.66. The summed E-state index contributed by atoms with van der Waals surface area (Å²) in [4.78, 5) is 23.4. The fourth-order valence-corrected chi connectivity index (χ4v) is 2.42.